The number of guanidine groups is 1. The molecule has 170 valence electrons. The number of carbonyl (C=O) groups is 2. The zero-order valence-electron chi connectivity index (χ0n) is 19.1. The number of nitrogens with one attached hydrogen (secondary N) is 1. The van der Waals surface area contributed by atoms with E-state index in [2.05, 4.69) is 24.2 Å². The molecule has 7 heteroatoms. The zero-order chi connectivity index (χ0) is 23.5. The van der Waals surface area contributed by atoms with E-state index in [9.17, 15) is 14.0 Å². The molecular formula is C25H31FN4O2. The van der Waals surface area contributed by atoms with Crippen molar-refractivity contribution in [2.75, 3.05) is 0 Å². The molecule has 6 nitrogen and oxygen atoms in total. The van der Waals surface area contributed by atoms with Crippen molar-refractivity contribution in [3.8, 4) is 0 Å². The van der Waals surface area contributed by atoms with Gasteiger partial charge in [-0.25, -0.2) is 9.38 Å². The van der Waals surface area contributed by atoms with E-state index in [-0.39, 0.29) is 36.2 Å². The summed E-state index contributed by atoms with van der Waals surface area (Å²) in [6, 6.07) is 12.8. The lowest BCUT2D eigenvalue weighted by molar-refractivity contribution is -0.130. The Morgan fingerprint density at radius 2 is 1.94 bits per heavy atom. The van der Waals surface area contributed by atoms with Crippen LogP contribution in [0.1, 0.15) is 68.1 Å². The first-order chi connectivity index (χ1) is 15.1. The summed E-state index contributed by atoms with van der Waals surface area (Å²) in [4.78, 5) is 31.6. The van der Waals surface area contributed by atoms with Crippen LogP contribution in [0, 0.1) is 11.7 Å². The minimum Gasteiger partial charge on any atom is -0.369 e. The topological polar surface area (TPSA) is 87.8 Å². The van der Waals surface area contributed by atoms with Crippen LogP contribution >= 0.6 is 0 Å². The van der Waals surface area contributed by atoms with Gasteiger partial charge in [-0.2, -0.15) is 0 Å². The van der Waals surface area contributed by atoms with Gasteiger partial charge >= 0.3 is 0 Å². The highest BCUT2D eigenvalue weighted by atomic mass is 19.1. The molecule has 2 unspecified atom stereocenters. The third-order valence-electron chi connectivity index (χ3n) is 5.57. The van der Waals surface area contributed by atoms with Crippen molar-refractivity contribution < 1.29 is 14.0 Å². The first-order valence-electron chi connectivity index (χ1n) is 10.9. The SMILES string of the molecule is CC(C)CC1(C)CC(=O)N(Cc2cccc(C(=O)NC(C)c3cccc(F)c3)c2)C(N)=N1. The van der Waals surface area contributed by atoms with Crippen molar-refractivity contribution in [3.63, 3.8) is 0 Å². The Kier molecular flexibility index (Phi) is 6.96. The molecule has 1 heterocycles. The van der Waals surface area contributed by atoms with E-state index in [0.29, 0.717) is 23.5 Å². The highest BCUT2D eigenvalue weighted by Gasteiger charge is 2.36. The maximum absolute atomic E-state index is 13.5. The Morgan fingerprint density at radius 3 is 2.59 bits per heavy atom. The third-order valence-corrected chi connectivity index (χ3v) is 5.57. The molecule has 0 aromatic heterocycles. The first-order valence-corrected chi connectivity index (χ1v) is 10.9. The van der Waals surface area contributed by atoms with Crippen LogP contribution in [0.15, 0.2) is 53.5 Å². The second-order valence-corrected chi connectivity index (χ2v) is 9.17. The van der Waals surface area contributed by atoms with Crippen LogP contribution < -0.4 is 11.1 Å². The second-order valence-electron chi connectivity index (χ2n) is 9.17. The fourth-order valence-electron chi connectivity index (χ4n) is 4.22. The van der Waals surface area contributed by atoms with Crippen molar-refractivity contribution in [1.82, 2.24) is 10.2 Å². The van der Waals surface area contributed by atoms with Crippen molar-refractivity contribution in [2.45, 2.75) is 58.7 Å². The number of benzene rings is 2. The van der Waals surface area contributed by atoms with Crippen LogP contribution in [-0.2, 0) is 11.3 Å². The summed E-state index contributed by atoms with van der Waals surface area (Å²) in [6.45, 7) is 8.19. The standard InChI is InChI=1S/C25H31FN4O2/c1-16(2)13-25(4)14-22(31)30(24(27)29-25)15-18-7-5-9-20(11-18)23(32)28-17(3)19-8-6-10-21(26)12-19/h5-12,16-17H,13-15H2,1-4H3,(H2,27,29)(H,28,32). The van der Waals surface area contributed by atoms with Gasteiger partial charge in [0.15, 0.2) is 5.96 Å². The smallest absolute Gasteiger partial charge is 0.251 e. The Bertz CT molecular complexity index is 1040. The average molecular weight is 439 g/mol. The minimum atomic E-state index is -0.485. The van der Waals surface area contributed by atoms with Crippen molar-refractivity contribution in [1.29, 1.82) is 0 Å². The summed E-state index contributed by atoms with van der Waals surface area (Å²) in [5.74, 6) is -0.0876. The van der Waals surface area contributed by atoms with E-state index in [4.69, 9.17) is 5.73 Å². The number of hydrogen-bond donors (Lipinski definition) is 2. The fourth-order valence-corrected chi connectivity index (χ4v) is 4.22. The van der Waals surface area contributed by atoms with Gasteiger partial charge in [-0.1, -0.05) is 38.1 Å². The molecule has 0 bridgehead atoms. The summed E-state index contributed by atoms with van der Waals surface area (Å²) >= 11 is 0. The highest BCUT2D eigenvalue weighted by Crippen LogP contribution is 2.29. The first kappa shape index (κ1) is 23.4. The molecule has 0 aliphatic carbocycles. The summed E-state index contributed by atoms with van der Waals surface area (Å²) in [5, 5.41) is 2.88. The number of nitrogens with zero attached hydrogens (tertiary/aromatic N) is 2. The summed E-state index contributed by atoms with van der Waals surface area (Å²) in [5.41, 5.74) is 7.58. The lowest BCUT2D eigenvalue weighted by Crippen LogP contribution is -2.50. The van der Waals surface area contributed by atoms with Gasteiger partial charge in [0.05, 0.1) is 24.5 Å². The van der Waals surface area contributed by atoms with Crippen LogP contribution in [0.5, 0.6) is 0 Å². The van der Waals surface area contributed by atoms with Gasteiger partial charge < -0.3 is 11.1 Å². The van der Waals surface area contributed by atoms with Crippen molar-refractivity contribution in [3.05, 3.63) is 71.0 Å². The van der Waals surface area contributed by atoms with Crippen molar-refractivity contribution in [2.24, 2.45) is 16.6 Å². The van der Waals surface area contributed by atoms with Crippen molar-refractivity contribution >= 4 is 17.8 Å². The van der Waals surface area contributed by atoms with Gasteiger partial charge in [-0.15, -0.1) is 0 Å². The largest absolute Gasteiger partial charge is 0.369 e. The lowest BCUT2D eigenvalue weighted by Gasteiger charge is -2.36. The molecule has 3 N–H and O–H groups in total. The molecule has 2 amide bonds. The monoisotopic (exact) mass is 438 g/mol. The van der Waals surface area contributed by atoms with Crippen LogP contribution in [0.3, 0.4) is 0 Å². The molecule has 0 spiro atoms. The molecule has 0 saturated carbocycles. The molecule has 0 saturated heterocycles. The number of aliphatic imine (C=N–C) groups is 1. The van der Waals surface area contributed by atoms with Gasteiger partial charge in [0, 0.05) is 5.56 Å². The normalized spacial score (nSPS) is 19.6. The number of halogens is 1. The fraction of sp³-hybridized carbons (Fsp3) is 0.400. The van der Waals surface area contributed by atoms with Gasteiger partial charge in [-0.05, 0) is 61.6 Å². The average Bonchev–Trinajstić information content (AvgIpc) is 2.70. The van der Waals surface area contributed by atoms with E-state index in [1.807, 2.05) is 13.0 Å². The van der Waals surface area contributed by atoms with Gasteiger partial charge in [-0.3, -0.25) is 14.5 Å². The maximum Gasteiger partial charge on any atom is 0.251 e. The lowest BCUT2D eigenvalue weighted by atomic mass is 9.87. The molecule has 3 rings (SSSR count). The quantitative estimate of drug-likeness (QED) is 0.680. The maximum atomic E-state index is 13.5. The molecular weight excluding hydrogens is 407 g/mol. The van der Waals surface area contributed by atoms with Crippen LogP contribution in [-0.4, -0.2) is 28.2 Å². The molecule has 32 heavy (non-hydrogen) atoms. The molecule has 2 aromatic carbocycles. The predicted octanol–water partition coefficient (Wildman–Crippen LogP) is 4.17. The van der Waals surface area contributed by atoms with E-state index in [1.165, 1.54) is 17.0 Å². The molecule has 2 aromatic rings. The zero-order valence-corrected chi connectivity index (χ0v) is 19.1. The molecule has 1 aliphatic rings. The molecule has 1 aliphatic heterocycles. The Labute approximate surface area is 188 Å². The number of hydrogen-bond acceptors (Lipinski definition) is 4. The number of amides is 2. The number of carbonyl (C=O) groups excluding carboxylic acids is 2. The Morgan fingerprint density at radius 1 is 1.22 bits per heavy atom. The van der Waals surface area contributed by atoms with E-state index in [1.54, 1.807) is 37.3 Å². The van der Waals surface area contributed by atoms with Gasteiger partial charge in [0.25, 0.3) is 5.91 Å². The minimum absolute atomic E-state index is 0.0739. The number of nitrogens with two attached hydrogens (primary N) is 1. The Hall–Kier alpha value is -3.22. The van der Waals surface area contributed by atoms with Crippen LogP contribution in [0.2, 0.25) is 0 Å². The van der Waals surface area contributed by atoms with E-state index in [0.717, 1.165) is 12.0 Å². The van der Waals surface area contributed by atoms with E-state index < -0.39 is 5.54 Å². The van der Waals surface area contributed by atoms with Gasteiger partial charge in [0.2, 0.25) is 5.91 Å². The van der Waals surface area contributed by atoms with Crippen LogP contribution in [0.25, 0.3) is 0 Å². The number of rotatable bonds is 7. The molecule has 0 fully saturated rings. The molecule has 2 atom stereocenters. The summed E-state index contributed by atoms with van der Waals surface area (Å²) < 4.78 is 13.5. The summed E-state index contributed by atoms with van der Waals surface area (Å²) in [6.07, 6.45) is 1.09. The second kappa shape index (κ2) is 9.51. The highest BCUT2D eigenvalue weighted by molar-refractivity contribution is 5.99. The third kappa shape index (κ3) is 5.72. The van der Waals surface area contributed by atoms with Gasteiger partial charge in [0.1, 0.15) is 5.82 Å². The Balaban J connectivity index is 1.71. The molecule has 0 radical (unpaired) electrons. The summed E-state index contributed by atoms with van der Waals surface area (Å²) in [7, 11) is 0. The van der Waals surface area contributed by atoms with Crippen LogP contribution in [0.4, 0.5) is 4.39 Å². The van der Waals surface area contributed by atoms with E-state index >= 15 is 0 Å². The predicted molar refractivity (Wildman–Crippen MR) is 123 cm³/mol.